The SMILES string of the molecule is OC/C(F)=C/c1cc(-c2cccnc2)cs1. The van der Waals surface area contributed by atoms with Crippen LogP contribution in [0.1, 0.15) is 4.88 Å². The number of hydrogen-bond acceptors (Lipinski definition) is 3. The van der Waals surface area contributed by atoms with Crippen LogP contribution in [0, 0.1) is 0 Å². The van der Waals surface area contributed by atoms with Gasteiger partial charge >= 0.3 is 0 Å². The third-order valence-electron chi connectivity index (χ3n) is 2.06. The second kappa shape index (κ2) is 5.01. The van der Waals surface area contributed by atoms with Crippen molar-refractivity contribution < 1.29 is 9.50 Å². The van der Waals surface area contributed by atoms with Gasteiger partial charge in [-0.15, -0.1) is 11.3 Å². The molecule has 0 spiro atoms. The normalized spacial score (nSPS) is 11.8. The number of halogens is 1. The number of nitrogens with zero attached hydrogens (tertiary/aromatic N) is 1. The molecule has 0 aliphatic rings. The summed E-state index contributed by atoms with van der Waals surface area (Å²) in [7, 11) is 0. The lowest BCUT2D eigenvalue weighted by Crippen LogP contribution is -1.79. The van der Waals surface area contributed by atoms with E-state index in [1.165, 1.54) is 17.4 Å². The Kier molecular flexibility index (Phi) is 3.44. The van der Waals surface area contributed by atoms with E-state index in [0.29, 0.717) is 0 Å². The maximum Gasteiger partial charge on any atom is 0.127 e. The summed E-state index contributed by atoms with van der Waals surface area (Å²) >= 11 is 1.43. The minimum atomic E-state index is -0.555. The van der Waals surface area contributed by atoms with Crippen molar-refractivity contribution in [2.45, 2.75) is 0 Å². The Morgan fingerprint density at radius 1 is 1.50 bits per heavy atom. The van der Waals surface area contributed by atoms with Gasteiger partial charge in [0.2, 0.25) is 0 Å². The Morgan fingerprint density at radius 2 is 2.38 bits per heavy atom. The van der Waals surface area contributed by atoms with Crippen molar-refractivity contribution in [2.24, 2.45) is 0 Å². The standard InChI is InChI=1S/C12H10FNOS/c13-11(7-15)5-12-4-10(8-16-12)9-2-1-3-14-6-9/h1-6,8,15H,7H2/b11-5-. The first kappa shape index (κ1) is 11.0. The minimum Gasteiger partial charge on any atom is -0.389 e. The van der Waals surface area contributed by atoms with Gasteiger partial charge in [0.1, 0.15) is 5.83 Å². The van der Waals surface area contributed by atoms with Crippen molar-refractivity contribution >= 4 is 17.4 Å². The lowest BCUT2D eigenvalue weighted by molar-refractivity contribution is 0.300. The molecule has 0 amide bonds. The van der Waals surface area contributed by atoms with Crippen molar-refractivity contribution in [3.05, 3.63) is 46.7 Å². The molecule has 2 aromatic heterocycles. The summed E-state index contributed by atoms with van der Waals surface area (Å²) in [6, 6.07) is 5.68. The molecule has 4 heteroatoms. The van der Waals surface area contributed by atoms with Gasteiger partial charge < -0.3 is 5.11 Å². The van der Waals surface area contributed by atoms with Crippen LogP contribution in [0.3, 0.4) is 0 Å². The van der Waals surface area contributed by atoms with E-state index in [1.54, 1.807) is 12.4 Å². The maximum atomic E-state index is 12.8. The topological polar surface area (TPSA) is 33.1 Å². The van der Waals surface area contributed by atoms with Gasteiger partial charge in [0.25, 0.3) is 0 Å². The lowest BCUT2D eigenvalue weighted by atomic mass is 10.1. The molecule has 0 fully saturated rings. The van der Waals surface area contributed by atoms with E-state index in [0.717, 1.165) is 16.0 Å². The first-order valence-corrected chi connectivity index (χ1v) is 5.63. The molecule has 0 saturated heterocycles. The van der Waals surface area contributed by atoms with Gasteiger partial charge in [-0.2, -0.15) is 0 Å². The van der Waals surface area contributed by atoms with Gasteiger partial charge in [-0.05, 0) is 29.2 Å². The Labute approximate surface area is 96.7 Å². The van der Waals surface area contributed by atoms with E-state index in [2.05, 4.69) is 4.98 Å². The Balaban J connectivity index is 2.27. The molecule has 2 heterocycles. The van der Waals surface area contributed by atoms with Crippen LogP contribution < -0.4 is 0 Å². The van der Waals surface area contributed by atoms with Crippen LogP contribution in [-0.4, -0.2) is 16.7 Å². The highest BCUT2D eigenvalue weighted by Gasteiger charge is 2.01. The van der Waals surface area contributed by atoms with Crippen LogP contribution >= 0.6 is 11.3 Å². The van der Waals surface area contributed by atoms with E-state index >= 15 is 0 Å². The molecule has 2 nitrogen and oxygen atoms in total. The lowest BCUT2D eigenvalue weighted by Gasteiger charge is -1.93. The molecule has 0 aliphatic heterocycles. The van der Waals surface area contributed by atoms with Gasteiger partial charge in [-0.1, -0.05) is 6.07 Å². The van der Waals surface area contributed by atoms with Gasteiger partial charge in [-0.3, -0.25) is 4.98 Å². The molecule has 16 heavy (non-hydrogen) atoms. The fraction of sp³-hybridized carbons (Fsp3) is 0.0833. The second-order valence-electron chi connectivity index (χ2n) is 3.23. The minimum absolute atomic E-state index is 0.528. The van der Waals surface area contributed by atoms with Crippen LogP contribution in [0.4, 0.5) is 4.39 Å². The summed E-state index contributed by atoms with van der Waals surface area (Å²) < 4.78 is 12.8. The highest BCUT2D eigenvalue weighted by Crippen LogP contribution is 2.26. The van der Waals surface area contributed by atoms with Crippen molar-refractivity contribution in [3.63, 3.8) is 0 Å². The Bertz CT molecular complexity index is 493. The van der Waals surface area contributed by atoms with Gasteiger partial charge in [0, 0.05) is 22.8 Å². The molecule has 82 valence electrons. The number of pyridine rings is 1. The molecular weight excluding hydrogens is 225 g/mol. The summed E-state index contributed by atoms with van der Waals surface area (Å²) in [5, 5.41) is 10.5. The summed E-state index contributed by atoms with van der Waals surface area (Å²) in [5.41, 5.74) is 2.01. The summed E-state index contributed by atoms with van der Waals surface area (Å²) in [5.74, 6) is -0.528. The smallest absolute Gasteiger partial charge is 0.127 e. The van der Waals surface area contributed by atoms with E-state index in [4.69, 9.17) is 5.11 Å². The third kappa shape index (κ3) is 2.53. The Morgan fingerprint density at radius 3 is 3.06 bits per heavy atom. The van der Waals surface area contributed by atoms with Crippen molar-refractivity contribution in [2.75, 3.05) is 6.61 Å². The van der Waals surface area contributed by atoms with Crippen LogP contribution in [0.15, 0.2) is 41.8 Å². The summed E-state index contributed by atoms with van der Waals surface area (Å²) in [6.07, 6.45) is 4.81. The van der Waals surface area contributed by atoms with E-state index in [-0.39, 0.29) is 0 Å². The molecule has 2 aromatic rings. The van der Waals surface area contributed by atoms with Gasteiger partial charge in [0.05, 0.1) is 6.61 Å². The number of thiophene rings is 1. The first-order chi connectivity index (χ1) is 7.79. The maximum absolute atomic E-state index is 12.8. The number of hydrogen-bond donors (Lipinski definition) is 1. The average molecular weight is 235 g/mol. The first-order valence-electron chi connectivity index (χ1n) is 4.75. The fourth-order valence-electron chi connectivity index (χ4n) is 1.31. The zero-order chi connectivity index (χ0) is 11.4. The molecule has 0 bridgehead atoms. The van der Waals surface area contributed by atoms with E-state index in [1.807, 2.05) is 23.6 Å². The van der Waals surface area contributed by atoms with Gasteiger partial charge in [-0.25, -0.2) is 4.39 Å². The number of aliphatic hydroxyl groups excluding tert-OH is 1. The number of aliphatic hydroxyl groups is 1. The molecule has 0 unspecified atom stereocenters. The zero-order valence-electron chi connectivity index (χ0n) is 8.43. The van der Waals surface area contributed by atoms with Gasteiger partial charge in [0.15, 0.2) is 0 Å². The molecule has 0 aromatic carbocycles. The average Bonchev–Trinajstić information content (AvgIpc) is 2.78. The molecule has 0 radical (unpaired) electrons. The fourth-order valence-corrected chi connectivity index (χ4v) is 2.17. The Hall–Kier alpha value is -1.52. The van der Waals surface area contributed by atoms with Crippen molar-refractivity contribution in [1.29, 1.82) is 0 Å². The molecule has 2 rings (SSSR count). The quantitative estimate of drug-likeness (QED) is 0.886. The van der Waals surface area contributed by atoms with Crippen LogP contribution in [0.5, 0.6) is 0 Å². The summed E-state index contributed by atoms with van der Waals surface area (Å²) in [6.45, 7) is -0.555. The van der Waals surface area contributed by atoms with Crippen LogP contribution in [0.25, 0.3) is 17.2 Å². The third-order valence-corrected chi connectivity index (χ3v) is 2.94. The van der Waals surface area contributed by atoms with Crippen molar-refractivity contribution in [3.8, 4) is 11.1 Å². The molecule has 0 atom stereocenters. The monoisotopic (exact) mass is 235 g/mol. The number of aromatic nitrogens is 1. The van der Waals surface area contributed by atoms with Crippen molar-refractivity contribution in [1.82, 2.24) is 4.98 Å². The van der Waals surface area contributed by atoms with Crippen LogP contribution in [0.2, 0.25) is 0 Å². The van der Waals surface area contributed by atoms with E-state index < -0.39 is 12.4 Å². The zero-order valence-corrected chi connectivity index (χ0v) is 9.25. The van der Waals surface area contributed by atoms with Crippen LogP contribution in [-0.2, 0) is 0 Å². The van der Waals surface area contributed by atoms with E-state index in [9.17, 15) is 4.39 Å². The highest BCUT2D eigenvalue weighted by molar-refractivity contribution is 7.11. The highest BCUT2D eigenvalue weighted by atomic mass is 32.1. The second-order valence-corrected chi connectivity index (χ2v) is 4.17. The predicted octanol–water partition coefficient (Wildman–Crippen LogP) is 3.11. The predicted molar refractivity (Wildman–Crippen MR) is 63.7 cm³/mol. The molecular formula is C12H10FNOS. The largest absolute Gasteiger partial charge is 0.389 e. The molecule has 0 aliphatic carbocycles. The summed E-state index contributed by atoms with van der Waals surface area (Å²) in [4.78, 5) is 4.81. The number of rotatable bonds is 3. The molecule has 0 saturated carbocycles. The molecule has 1 N–H and O–H groups in total.